The predicted molar refractivity (Wildman–Crippen MR) is 179 cm³/mol. The van der Waals surface area contributed by atoms with Crippen molar-refractivity contribution >= 4 is 17.9 Å². The Morgan fingerprint density at radius 2 is 1.11 bits per heavy atom. The van der Waals surface area contributed by atoms with Gasteiger partial charge in [0.05, 0.1) is 18.6 Å². The molecule has 0 rings (SSSR count). The van der Waals surface area contributed by atoms with Crippen molar-refractivity contribution in [1.29, 1.82) is 0 Å². The second kappa shape index (κ2) is 29.0. The maximum Gasteiger partial charge on any atom is 0.322 e. The first-order valence-corrected chi connectivity index (χ1v) is 18.4. The summed E-state index contributed by atoms with van der Waals surface area (Å²) < 4.78 is 17.5. The maximum atomic E-state index is 14.1. The summed E-state index contributed by atoms with van der Waals surface area (Å²) in [6.07, 6.45) is 19.9. The minimum absolute atomic E-state index is 0.0160. The van der Waals surface area contributed by atoms with Gasteiger partial charge in [-0.3, -0.25) is 14.4 Å². The monoisotopic (exact) mass is 627 g/mol. The predicted octanol–water partition coefficient (Wildman–Crippen LogP) is 9.65. The summed E-state index contributed by atoms with van der Waals surface area (Å²) in [7, 11) is 0. The Balaban J connectivity index is 5.94. The Morgan fingerprint density at radius 3 is 1.64 bits per heavy atom. The topological polar surface area (TPSA) is 99.1 Å². The first-order chi connectivity index (χ1) is 21.3. The van der Waals surface area contributed by atoms with Crippen LogP contribution in [0.3, 0.4) is 0 Å². The molecule has 0 fully saturated rings. The van der Waals surface area contributed by atoms with E-state index in [4.69, 9.17) is 14.2 Å². The Kier molecular flexibility index (Phi) is 28.0. The van der Waals surface area contributed by atoms with Gasteiger partial charge in [0.15, 0.2) is 0 Å². The van der Waals surface area contributed by atoms with Crippen LogP contribution in [0.25, 0.3) is 0 Å². The summed E-state index contributed by atoms with van der Waals surface area (Å²) >= 11 is 0. The molecule has 0 aromatic heterocycles. The summed E-state index contributed by atoms with van der Waals surface area (Å²) in [5, 5.41) is 9.66. The number of unbranched alkanes of at least 4 members (excludes halogenated alkanes) is 14. The number of carbonyl (C=O) groups is 3. The molecule has 0 saturated heterocycles. The normalized spacial score (nSPS) is 13.5. The zero-order valence-electron chi connectivity index (χ0n) is 29.4. The highest BCUT2D eigenvalue weighted by Crippen LogP contribution is 2.39. The number of aliphatic hydroxyl groups excluding tert-OH is 1. The number of hydrogen-bond donors (Lipinski definition) is 1. The quantitative estimate of drug-likeness (QED) is 0.0464. The molecule has 0 aromatic rings. The van der Waals surface area contributed by atoms with Crippen LogP contribution in [0.5, 0.6) is 0 Å². The van der Waals surface area contributed by atoms with Crippen LogP contribution in [0.4, 0.5) is 0 Å². The molecule has 7 heteroatoms. The highest BCUT2D eigenvalue weighted by atomic mass is 16.6. The zero-order valence-corrected chi connectivity index (χ0v) is 29.4. The van der Waals surface area contributed by atoms with Gasteiger partial charge in [0.25, 0.3) is 0 Å². The fourth-order valence-electron chi connectivity index (χ4n) is 5.80. The van der Waals surface area contributed by atoms with E-state index in [1.165, 1.54) is 6.42 Å². The van der Waals surface area contributed by atoms with Gasteiger partial charge in [-0.1, -0.05) is 144 Å². The van der Waals surface area contributed by atoms with Crippen molar-refractivity contribution in [1.82, 2.24) is 0 Å². The third kappa shape index (κ3) is 21.3. The molecule has 260 valence electrons. The molecule has 2 unspecified atom stereocenters. The molecule has 0 heterocycles. The second-order valence-corrected chi connectivity index (χ2v) is 13.2. The van der Waals surface area contributed by atoms with Crippen molar-refractivity contribution in [2.24, 2.45) is 11.3 Å². The molecule has 0 aliphatic rings. The van der Waals surface area contributed by atoms with E-state index in [0.29, 0.717) is 31.6 Å². The van der Waals surface area contributed by atoms with Gasteiger partial charge in [-0.25, -0.2) is 0 Å². The van der Waals surface area contributed by atoms with Crippen molar-refractivity contribution in [3.63, 3.8) is 0 Å². The summed E-state index contributed by atoms with van der Waals surface area (Å²) in [6.45, 7) is 10.6. The standard InChI is InChI=1S/C37H70O7/c1-6-9-12-15-18-22-27-37(28-23-21-24-32(4)5,36(41)44-35(40)26-20-17-14-11-8-3)33(42-30-29-38)31-43-34(39)25-19-16-13-10-7-2/h32-33,38H,6-31H2,1-5H3. The van der Waals surface area contributed by atoms with Crippen molar-refractivity contribution in [2.45, 2.75) is 188 Å². The van der Waals surface area contributed by atoms with Gasteiger partial charge in [-0.05, 0) is 31.6 Å². The van der Waals surface area contributed by atoms with Gasteiger partial charge in [0, 0.05) is 12.8 Å². The molecule has 2 atom stereocenters. The van der Waals surface area contributed by atoms with Crippen LogP contribution in [0.15, 0.2) is 0 Å². The van der Waals surface area contributed by atoms with Crippen LogP contribution < -0.4 is 0 Å². The van der Waals surface area contributed by atoms with E-state index < -0.39 is 23.5 Å². The van der Waals surface area contributed by atoms with Gasteiger partial charge in [-0.2, -0.15) is 0 Å². The van der Waals surface area contributed by atoms with Gasteiger partial charge in [-0.15, -0.1) is 0 Å². The molecule has 7 nitrogen and oxygen atoms in total. The average molecular weight is 627 g/mol. The summed E-state index contributed by atoms with van der Waals surface area (Å²) in [5.41, 5.74) is -1.13. The average Bonchev–Trinajstić information content (AvgIpc) is 2.99. The van der Waals surface area contributed by atoms with Crippen LogP contribution in [-0.2, 0) is 28.6 Å². The van der Waals surface area contributed by atoms with Crippen LogP contribution in [-0.4, -0.2) is 48.9 Å². The van der Waals surface area contributed by atoms with E-state index in [9.17, 15) is 19.5 Å². The van der Waals surface area contributed by atoms with E-state index in [0.717, 1.165) is 109 Å². The summed E-state index contributed by atoms with van der Waals surface area (Å²) in [6, 6.07) is 0. The largest absolute Gasteiger partial charge is 0.463 e. The third-order valence-corrected chi connectivity index (χ3v) is 8.64. The van der Waals surface area contributed by atoms with Gasteiger partial charge in [0.1, 0.15) is 12.7 Å². The van der Waals surface area contributed by atoms with Gasteiger partial charge in [0.2, 0.25) is 0 Å². The lowest BCUT2D eigenvalue weighted by atomic mass is 9.73. The first-order valence-electron chi connectivity index (χ1n) is 18.4. The number of carbonyl (C=O) groups excluding carboxylic acids is 3. The fourth-order valence-corrected chi connectivity index (χ4v) is 5.80. The lowest BCUT2D eigenvalue weighted by molar-refractivity contribution is -0.183. The molecule has 0 saturated carbocycles. The maximum absolute atomic E-state index is 14.1. The highest BCUT2D eigenvalue weighted by molar-refractivity contribution is 5.89. The Labute approximate surface area is 270 Å². The smallest absolute Gasteiger partial charge is 0.322 e. The van der Waals surface area contributed by atoms with Crippen molar-refractivity contribution in [2.75, 3.05) is 19.8 Å². The molecular formula is C37H70O7. The van der Waals surface area contributed by atoms with Crippen LogP contribution in [0.2, 0.25) is 0 Å². The van der Waals surface area contributed by atoms with Gasteiger partial charge >= 0.3 is 17.9 Å². The van der Waals surface area contributed by atoms with E-state index in [1.807, 2.05) is 0 Å². The molecule has 0 aromatic carbocycles. The lowest BCUT2D eigenvalue weighted by Gasteiger charge is -2.38. The lowest BCUT2D eigenvalue weighted by Crippen LogP contribution is -2.49. The SMILES string of the molecule is CCCCCCCCC(CCCCC(C)C)(C(=O)OC(=O)CCCCCCC)C(COC(=O)CCCCCCC)OCCO. The molecule has 0 aliphatic heterocycles. The zero-order chi connectivity index (χ0) is 32.9. The number of aliphatic hydroxyl groups is 1. The van der Waals surface area contributed by atoms with Crippen LogP contribution >= 0.6 is 0 Å². The van der Waals surface area contributed by atoms with Gasteiger partial charge < -0.3 is 19.3 Å². The molecule has 0 radical (unpaired) electrons. The Morgan fingerprint density at radius 1 is 0.636 bits per heavy atom. The number of rotatable bonds is 31. The molecule has 0 amide bonds. The minimum atomic E-state index is -1.13. The molecule has 44 heavy (non-hydrogen) atoms. The molecule has 0 spiro atoms. The van der Waals surface area contributed by atoms with E-state index in [1.54, 1.807) is 0 Å². The van der Waals surface area contributed by atoms with Crippen LogP contribution in [0, 0.1) is 11.3 Å². The molecule has 0 aliphatic carbocycles. The number of esters is 3. The van der Waals surface area contributed by atoms with Crippen molar-refractivity contribution in [3.05, 3.63) is 0 Å². The van der Waals surface area contributed by atoms with Crippen molar-refractivity contribution in [3.8, 4) is 0 Å². The third-order valence-electron chi connectivity index (χ3n) is 8.64. The molecule has 0 bridgehead atoms. The Hall–Kier alpha value is -1.47. The van der Waals surface area contributed by atoms with E-state index >= 15 is 0 Å². The minimum Gasteiger partial charge on any atom is -0.463 e. The van der Waals surface area contributed by atoms with E-state index in [2.05, 4.69) is 34.6 Å². The molecular weight excluding hydrogens is 556 g/mol. The second-order valence-electron chi connectivity index (χ2n) is 13.2. The number of hydrogen-bond acceptors (Lipinski definition) is 7. The summed E-state index contributed by atoms with van der Waals surface area (Å²) in [5.74, 6) is -0.813. The van der Waals surface area contributed by atoms with Crippen LogP contribution in [0.1, 0.15) is 182 Å². The molecule has 1 N–H and O–H groups in total. The van der Waals surface area contributed by atoms with Crippen molar-refractivity contribution < 1.29 is 33.7 Å². The highest BCUT2D eigenvalue weighted by Gasteiger charge is 2.48. The number of ether oxygens (including phenoxy) is 3. The first kappa shape index (κ1) is 42.5. The summed E-state index contributed by atoms with van der Waals surface area (Å²) in [4.78, 5) is 39.7. The Bertz CT molecular complexity index is 708. The fraction of sp³-hybridized carbons (Fsp3) is 0.919. The van der Waals surface area contributed by atoms with E-state index in [-0.39, 0.29) is 32.2 Å².